The third kappa shape index (κ3) is 34.5. The average molecular weight is 561 g/mol. The van der Waals surface area contributed by atoms with Gasteiger partial charge in [-0.25, -0.2) is 0 Å². The predicted molar refractivity (Wildman–Crippen MR) is 162 cm³/mol. The van der Waals surface area contributed by atoms with E-state index in [9.17, 15) is 4.10 Å². The Morgan fingerprint density at radius 1 is 0.314 bits per heavy atom. The molecule has 0 saturated heterocycles. The Morgan fingerprint density at radius 3 is 0.686 bits per heavy atom. The summed E-state index contributed by atoms with van der Waals surface area (Å²) in [6, 6.07) is 0. The Bertz CT molecular complexity index is 318. The summed E-state index contributed by atoms with van der Waals surface area (Å²) in [5.41, 5.74) is 0. The molecule has 0 radical (unpaired) electrons. The van der Waals surface area contributed by atoms with E-state index in [1.807, 2.05) is 0 Å². The second kappa shape index (κ2) is 34.5. The zero-order valence-electron chi connectivity index (χ0n) is 24.6. The van der Waals surface area contributed by atoms with Crippen LogP contribution in [0.3, 0.4) is 0 Å². The Hall–Kier alpha value is 0.478. The van der Waals surface area contributed by atoms with Crippen molar-refractivity contribution in [2.75, 3.05) is 0 Å². The molecular weight excluding hydrogens is 491 g/mol. The standard InChI is InChI=1S/C32H67AsO.H2O/c1-3-5-7-9-11-13-15-17-19-21-23-25-27-29-31-33(34)32-30-28-26-24-22-20-18-16-14-12-10-8-6-4-2;/h34H,3-32H2,1-2H3;1H2. The quantitative estimate of drug-likeness (QED) is 0.0689. The summed E-state index contributed by atoms with van der Waals surface area (Å²) in [7, 11) is 0. The first-order valence-electron chi connectivity index (χ1n) is 16.2. The molecule has 35 heavy (non-hydrogen) atoms. The molecule has 3 heteroatoms. The van der Waals surface area contributed by atoms with E-state index in [1.165, 1.54) is 190 Å². The number of unbranched alkanes of at least 4 members (excludes halogenated alkanes) is 26. The summed E-state index contributed by atoms with van der Waals surface area (Å²) in [4.78, 5) is 0. The van der Waals surface area contributed by atoms with Crippen LogP contribution in [0.1, 0.15) is 194 Å². The van der Waals surface area contributed by atoms with Crippen LogP contribution in [0.2, 0.25) is 10.4 Å². The minimum atomic E-state index is -1.45. The fourth-order valence-corrected chi connectivity index (χ4v) is 8.03. The van der Waals surface area contributed by atoms with Crippen LogP contribution in [0.5, 0.6) is 0 Å². The molecule has 0 unspecified atom stereocenters. The maximum atomic E-state index is 10.4. The number of hydrogen-bond donors (Lipinski definition) is 1. The molecule has 0 aromatic rings. The van der Waals surface area contributed by atoms with Gasteiger partial charge in [0.25, 0.3) is 0 Å². The second-order valence-corrected chi connectivity index (χ2v) is 15.1. The number of rotatable bonds is 30. The van der Waals surface area contributed by atoms with Gasteiger partial charge in [-0.15, -0.1) is 0 Å². The monoisotopic (exact) mass is 560 g/mol. The van der Waals surface area contributed by atoms with E-state index < -0.39 is 15.0 Å². The van der Waals surface area contributed by atoms with Gasteiger partial charge in [0.15, 0.2) is 0 Å². The van der Waals surface area contributed by atoms with Gasteiger partial charge in [0.2, 0.25) is 0 Å². The first kappa shape index (κ1) is 37.6. The summed E-state index contributed by atoms with van der Waals surface area (Å²) < 4.78 is 10.4. The molecule has 0 atom stereocenters. The van der Waals surface area contributed by atoms with Crippen LogP contribution in [0.15, 0.2) is 0 Å². The predicted octanol–water partition coefficient (Wildman–Crippen LogP) is 11.1. The van der Waals surface area contributed by atoms with Crippen molar-refractivity contribution in [1.82, 2.24) is 0 Å². The molecule has 0 aromatic heterocycles. The summed E-state index contributed by atoms with van der Waals surface area (Å²) in [5.74, 6) is 0. The van der Waals surface area contributed by atoms with Gasteiger partial charge in [-0.2, -0.15) is 0 Å². The zero-order chi connectivity index (χ0) is 24.8. The molecule has 2 nitrogen and oxygen atoms in total. The third-order valence-corrected chi connectivity index (χ3v) is 11.0. The molecule has 0 aliphatic rings. The molecule has 0 aromatic carbocycles. The van der Waals surface area contributed by atoms with Crippen LogP contribution in [-0.4, -0.2) is 24.6 Å². The Balaban J connectivity index is 0. The van der Waals surface area contributed by atoms with Crippen LogP contribution in [0, 0.1) is 0 Å². The van der Waals surface area contributed by atoms with E-state index in [-0.39, 0.29) is 5.48 Å². The minimum absolute atomic E-state index is 0. The fraction of sp³-hybridized carbons (Fsp3) is 1.00. The van der Waals surface area contributed by atoms with Gasteiger partial charge in [-0.05, 0) is 0 Å². The van der Waals surface area contributed by atoms with E-state index in [4.69, 9.17) is 0 Å². The van der Waals surface area contributed by atoms with Crippen LogP contribution in [0.4, 0.5) is 0 Å². The van der Waals surface area contributed by atoms with Gasteiger partial charge in [-0.3, -0.25) is 0 Å². The van der Waals surface area contributed by atoms with E-state index in [2.05, 4.69) is 13.8 Å². The van der Waals surface area contributed by atoms with Crippen molar-refractivity contribution >= 4 is 15.0 Å². The van der Waals surface area contributed by atoms with Gasteiger partial charge in [-0.1, -0.05) is 52.4 Å². The Kier molecular flexibility index (Phi) is 37.1. The van der Waals surface area contributed by atoms with Gasteiger partial charge < -0.3 is 5.48 Å². The topological polar surface area (TPSA) is 51.7 Å². The smallest absolute Gasteiger partial charge is 0.412 e. The SMILES string of the molecule is CCCCCCCCCCCCCCCC[As](O)CCCCCCCCCCCCCCCC.O. The minimum Gasteiger partial charge on any atom is -0.412 e. The van der Waals surface area contributed by atoms with Crippen LogP contribution in [-0.2, 0) is 0 Å². The average Bonchev–Trinajstić information content (AvgIpc) is 2.84. The van der Waals surface area contributed by atoms with Crippen LogP contribution < -0.4 is 0 Å². The zero-order valence-corrected chi connectivity index (χ0v) is 26.5. The first-order valence-corrected chi connectivity index (χ1v) is 19.7. The maximum absolute atomic E-state index is 10.4. The van der Waals surface area contributed by atoms with Gasteiger partial charge in [0, 0.05) is 0 Å². The van der Waals surface area contributed by atoms with Crippen LogP contribution >= 0.6 is 0 Å². The molecule has 0 rings (SSSR count). The van der Waals surface area contributed by atoms with Crippen molar-refractivity contribution in [2.24, 2.45) is 0 Å². The molecular formula is C32H69AsO2. The van der Waals surface area contributed by atoms with Gasteiger partial charge in [0.1, 0.15) is 0 Å². The van der Waals surface area contributed by atoms with Crippen molar-refractivity contribution in [1.29, 1.82) is 0 Å². The Morgan fingerprint density at radius 2 is 0.486 bits per heavy atom. The van der Waals surface area contributed by atoms with E-state index in [1.54, 1.807) is 0 Å². The molecule has 0 fully saturated rings. The molecule has 214 valence electrons. The summed E-state index contributed by atoms with van der Waals surface area (Å²) in [6.45, 7) is 4.59. The fourth-order valence-electron chi connectivity index (χ4n) is 5.09. The molecule has 0 amide bonds. The normalized spacial score (nSPS) is 11.3. The molecule has 0 aliphatic heterocycles. The summed E-state index contributed by atoms with van der Waals surface area (Å²) >= 11 is -1.45. The Labute approximate surface area is 228 Å². The molecule has 0 saturated carbocycles. The van der Waals surface area contributed by atoms with E-state index in [0.29, 0.717) is 0 Å². The van der Waals surface area contributed by atoms with Crippen molar-refractivity contribution in [3.05, 3.63) is 0 Å². The molecule has 0 spiro atoms. The second-order valence-electron chi connectivity index (χ2n) is 11.1. The van der Waals surface area contributed by atoms with Crippen molar-refractivity contribution in [3.63, 3.8) is 0 Å². The number of hydrogen-bond acceptors (Lipinski definition) is 1. The first-order chi connectivity index (χ1) is 16.8. The van der Waals surface area contributed by atoms with Crippen LogP contribution in [0.25, 0.3) is 0 Å². The van der Waals surface area contributed by atoms with Crippen molar-refractivity contribution < 1.29 is 9.57 Å². The van der Waals surface area contributed by atoms with Crippen molar-refractivity contribution in [3.8, 4) is 0 Å². The van der Waals surface area contributed by atoms with Gasteiger partial charge in [0.05, 0.1) is 0 Å². The van der Waals surface area contributed by atoms with Gasteiger partial charge >= 0.3 is 171 Å². The summed E-state index contributed by atoms with van der Waals surface area (Å²) in [5, 5.41) is 2.37. The molecule has 0 bridgehead atoms. The summed E-state index contributed by atoms with van der Waals surface area (Å²) in [6.07, 6.45) is 39.9. The molecule has 0 aliphatic carbocycles. The van der Waals surface area contributed by atoms with Crippen molar-refractivity contribution in [2.45, 2.75) is 204 Å². The van der Waals surface area contributed by atoms with E-state index in [0.717, 1.165) is 0 Å². The molecule has 0 heterocycles. The molecule has 3 N–H and O–H groups in total. The third-order valence-electron chi connectivity index (χ3n) is 7.54. The van der Waals surface area contributed by atoms with E-state index >= 15 is 0 Å².